The summed E-state index contributed by atoms with van der Waals surface area (Å²) in [5.41, 5.74) is 3.25. The number of carboxylic acids is 1. The first-order chi connectivity index (χ1) is 26.7. The number of benzene rings is 1. The largest absolute Gasteiger partial charge is 0.478 e. The summed E-state index contributed by atoms with van der Waals surface area (Å²) in [6.07, 6.45) is 40.8. The van der Waals surface area contributed by atoms with E-state index in [4.69, 9.17) is 0 Å². The number of nitrogens with zero attached hydrogens (tertiary/aromatic N) is 1. The fourth-order valence-electron chi connectivity index (χ4n) is 12.4. The van der Waals surface area contributed by atoms with Crippen LogP contribution in [-0.2, 0) is 9.59 Å². The molecule has 2 N–H and O–H groups in total. The summed E-state index contributed by atoms with van der Waals surface area (Å²) >= 11 is 0. The summed E-state index contributed by atoms with van der Waals surface area (Å²) in [6.45, 7) is 22.3. The van der Waals surface area contributed by atoms with Gasteiger partial charge >= 0.3 is 5.97 Å². The van der Waals surface area contributed by atoms with Gasteiger partial charge in [0.2, 0.25) is 11.8 Å². The number of terminal acetylenes is 3. The maximum absolute atomic E-state index is 13.9. The molecule has 4 unspecified atom stereocenters. The molecule has 56 heavy (non-hydrogen) atoms. The molecule has 4 fully saturated rings. The fraction of sp³-hybridized carbons (Fsp3) is 0.620. The lowest BCUT2D eigenvalue weighted by Crippen LogP contribution is -2.62. The summed E-state index contributed by atoms with van der Waals surface area (Å²) in [7, 11) is 1.83. The van der Waals surface area contributed by atoms with Crippen molar-refractivity contribution in [1.82, 2.24) is 10.2 Å². The topological polar surface area (TPSA) is 86.7 Å². The Morgan fingerprint density at radius 3 is 2.00 bits per heavy atom. The smallest absolute Gasteiger partial charge is 0.335 e. The van der Waals surface area contributed by atoms with E-state index in [-0.39, 0.29) is 22.2 Å². The molecule has 0 heterocycles. The summed E-state index contributed by atoms with van der Waals surface area (Å²) in [6, 6.07) is 7.52. The van der Waals surface area contributed by atoms with Gasteiger partial charge in [0.05, 0.1) is 11.0 Å². The Hall–Kier alpha value is -4.21. The first-order valence-electron chi connectivity index (χ1n) is 20.8. The molecule has 1 aromatic carbocycles. The lowest BCUT2D eigenvalue weighted by atomic mass is 9.36. The number of hydrogen-bond donors (Lipinski definition) is 2. The van der Waals surface area contributed by atoms with Crippen LogP contribution in [0.1, 0.15) is 142 Å². The molecule has 5 aliphatic rings. The number of hydrogen-bond acceptors (Lipinski definition) is 3. The molecule has 0 bridgehead atoms. The van der Waals surface area contributed by atoms with E-state index in [0.29, 0.717) is 59.6 Å². The predicted molar refractivity (Wildman–Crippen MR) is 235 cm³/mol. The molecular weight excluding hydrogens is 693 g/mol. The van der Waals surface area contributed by atoms with Gasteiger partial charge in [-0.25, -0.2) is 4.79 Å². The van der Waals surface area contributed by atoms with Crippen molar-refractivity contribution in [2.75, 3.05) is 20.1 Å². The Balaban J connectivity index is 0.00000130. The molecule has 6 nitrogen and oxygen atoms in total. The third kappa shape index (κ3) is 9.66. The number of rotatable bonds is 7. The third-order valence-corrected chi connectivity index (χ3v) is 14.5. The van der Waals surface area contributed by atoms with Crippen molar-refractivity contribution in [1.29, 1.82) is 0 Å². The van der Waals surface area contributed by atoms with Crippen LogP contribution in [0.4, 0.5) is 0 Å². The molecule has 6 heteroatoms. The Morgan fingerprint density at radius 2 is 1.45 bits per heavy atom. The number of aromatic carboxylic acids is 1. The van der Waals surface area contributed by atoms with Crippen molar-refractivity contribution in [3.63, 3.8) is 0 Å². The fourth-order valence-corrected chi connectivity index (χ4v) is 12.4. The van der Waals surface area contributed by atoms with Crippen LogP contribution in [0.25, 0.3) is 5.57 Å². The summed E-state index contributed by atoms with van der Waals surface area (Å²) < 4.78 is 0. The Kier molecular flexibility index (Phi) is 19.5. The highest BCUT2D eigenvalue weighted by atomic mass is 16.4. The van der Waals surface area contributed by atoms with Crippen molar-refractivity contribution >= 4 is 23.4 Å². The lowest BCUT2D eigenvalue weighted by molar-refractivity contribution is -0.181. The maximum Gasteiger partial charge on any atom is 0.335 e. The SMILES string of the molecule is C#C.C#C.C#C.C=CC.CC.CC(=O)N(C)CCCNC(=O)[C@]12CCCC1[C@H]1CCC3[C@@](C)(CCC4C(C)(C)C(c5ccc(C(=O)O)cc5)=CC[C@@]43C)C1CC2. The quantitative estimate of drug-likeness (QED) is 0.164. The van der Waals surface area contributed by atoms with Gasteiger partial charge in [0.1, 0.15) is 0 Å². The van der Waals surface area contributed by atoms with E-state index < -0.39 is 5.97 Å². The number of carboxylic acid groups (broad SMARTS) is 1. The minimum atomic E-state index is -0.874. The van der Waals surface area contributed by atoms with E-state index in [1.165, 1.54) is 50.5 Å². The molecule has 0 saturated heterocycles. The summed E-state index contributed by atoms with van der Waals surface area (Å²) in [5.74, 6) is 2.59. The van der Waals surface area contributed by atoms with E-state index in [0.717, 1.165) is 31.2 Å². The van der Waals surface area contributed by atoms with Gasteiger partial charge in [0.25, 0.3) is 0 Å². The molecule has 6 rings (SSSR count). The van der Waals surface area contributed by atoms with Crippen LogP contribution in [0.15, 0.2) is 43.0 Å². The Morgan fingerprint density at radius 1 is 0.857 bits per heavy atom. The van der Waals surface area contributed by atoms with Crippen LogP contribution < -0.4 is 5.32 Å². The van der Waals surface area contributed by atoms with Crippen LogP contribution >= 0.6 is 0 Å². The van der Waals surface area contributed by atoms with Crippen molar-refractivity contribution in [3.05, 3.63) is 54.1 Å². The predicted octanol–water partition coefficient (Wildman–Crippen LogP) is 10.8. The van der Waals surface area contributed by atoms with Crippen LogP contribution in [0.2, 0.25) is 0 Å². The van der Waals surface area contributed by atoms with Gasteiger partial charge in [-0.2, -0.15) is 0 Å². The zero-order valence-electron chi connectivity index (χ0n) is 36.3. The van der Waals surface area contributed by atoms with E-state index >= 15 is 0 Å². The van der Waals surface area contributed by atoms with Gasteiger partial charge in [-0.1, -0.05) is 72.2 Å². The molecule has 0 radical (unpaired) electrons. The molecule has 5 aliphatic carbocycles. The zero-order chi connectivity index (χ0) is 43.1. The molecule has 0 aliphatic heterocycles. The highest BCUT2D eigenvalue weighted by Crippen LogP contribution is 2.73. The van der Waals surface area contributed by atoms with E-state index in [1.54, 1.807) is 30.0 Å². The van der Waals surface area contributed by atoms with E-state index in [9.17, 15) is 19.5 Å². The van der Waals surface area contributed by atoms with Gasteiger partial charge in [0.15, 0.2) is 0 Å². The second-order valence-electron chi connectivity index (χ2n) is 17.1. The van der Waals surface area contributed by atoms with Gasteiger partial charge in [-0.15, -0.1) is 45.1 Å². The number of amides is 2. The van der Waals surface area contributed by atoms with E-state index in [2.05, 4.69) is 84.2 Å². The van der Waals surface area contributed by atoms with Crippen molar-refractivity contribution in [2.45, 2.75) is 126 Å². The van der Waals surface area contributed by atoms with Crippen LogP contribution in [0.5, 0.6) is 0 Å². The number of allylic oxidation sites excluding steroid dienone is 3. The molecular formula is C50H74N2O4. The van der Waals surface area contributed by atoms with Gasteiger partial charge in [0, 0.05) is 27.1 Å². The molecule has 308 valence electrons. The highest BCUT2D eigenvalue weighted by Gasteiger charge is 2.66. The second-order valence-corrected chi connectivity index (χ2v) is 17.1. The Labute approximate surface area is 342 Å². The van der Waals surface area contributed by atoms with Crippen molar-refractivity contribution in [3.8, 4) is 38.5 Å². The average molecular weight is 767 g/mol. The number of fused-ring (bicyclic) bond motifs is 7. The summed E-state index contributed by atoms with van der Waals surface area (Å²) in [4.78, 5) is 38.7. The molecule has 4 saturated carbocycles. The first kappa shape index (κ1) is 49.8. The molecule has 0 spiro atoms. The number of nitrogens with one attached hydrogen (secondary N) is 1. The van der Waals surface area contributed by atoms with E-state index in [1.807, 2.05) is 40.0 Å². The molecule has 0 aromatic heterocycles. The molecule has 2 amide bonds. The average Bonchev–Trinajstić information content (AvgIpc) is 3.66. The van der Waals surface area contributed by atoms with Crippen molar-refractivity contribution < 1.29 is 19.5 Å². The van der Waals surface area contributed by atoms with Crippen LogP contribution in [0.3, 0.4) is 0 Å². The van der Waals surface area contributed by atoms with Gasteiger partial charge in [-0.05, 0) is 140 Å². The minimum absolute atomic E-state index is 0.0143. The zero-order valence-corrected chi connectivity index (χ0v) is 36.3. The number of carbonyl (C=O) groups excluding carboxylic acids is 2. The van der Waals surface area contributed by atoms with Crippen molar-refractivity contribution in [2.24, 2.45) is 51.2 Å². The normalized spacial score (nSPS) is 31.1. The molecule has 8 atom stereocenters. The minimum Gasteiger partial charge on any atom is -0.478 e. The standard InChI is InChI=1S/C39H56N2O4.C3H6.C2H6.3C2H2/c1-25(42)41(6)24-8-23-40-35(45)39-19-7-9-31(39)28-14-15-33-37(4,30(28)17-22-39)21-18-32-36(2,3)29(16-20-38(32,33)5)26-10-12-27(13-11-26)34(43)44;1-3-2;4*1-2/h10-13,16,28,30-33H,7-9,14-15,17-24H2,1-6H3,(H,40,45)(H,43,44);3H,1H2,2H3;1-2H3;3*1-2H/t28-,30?,31?,32?,33?,37-,38-,39-;;;;;/m0...../s1. The highest BCUT2D eigenvalue weighted by molar-refractivity contribution is 5.88. The number of carbonyl (C=O) groups is 3. The Bertz CT molecular complexity index is 1530. The maximum atomic E-state index is 13.9. The molecule has 1 aromatic rings. The second kappa shape index (κ2) is 21.9. The lowest BCUT2D eigenvalue weighted by Gasteiger charge is -2.68. The first-order valence-corrected chi connectivity index (χ1v) is 20.8. The van der Waals surface area contributed by atoms with Gasteiger partial charge in [-0.3, -0.25) is 9.59 Å². The third-order valence-electron chi connectivity index (χ3n) is 14.5. The summed E-state index contributed by atoms with van der Waals surface area (Å²) in [5, 5.41) is 12.8. The monoisotopic (exact) mass is 767 g/mol. The van der Waals surface area contributed by atoms with Gasteiger partial charge < -0.3 is 15.3 Å². The van der Waals surface area contributed by atoms with Crippen LogP contribution in [0, 0.1) is 89.8 Å². The van der Waals surface area contributed by atoms with Crippen LogP contribution in [-0.4, -0.2) is 47.9 Å².